The monoisotopic (exact) mass is 332 g/mol. The van der Waals surface area contributed by atoms with Crippen LogP contribution in [0.4, 0.5) is 5.00 Å². The molecule has 0 amide bonds. The van der Waals surface area contributed by atoms with E-state index in [-0.39, 0.29) is 0 Å². The molecule has 0 fully saturated rings. The second kappa shape index (κ2) is 8.39. The molecule has 0 aromatic carbocycles. The van der Waals surface area contributed by atoms with Gasteiger partial charge in [-0.3, -0.25) is 0 Å². The van der Waals surface area contributed by atoms with E-state index >= 15 is 0 Å². The Labute approximate surface area is 142 Å². The van der Waals surface area contributed by atoms with Gasteiger partial charge in [-0.2, -0.15) is 0 Å². The zero-order valence-electron chi connectivity index (χ0n) is 13.3. The van der Waals surface area contributed by atoms with Gasteiger partial charge in [0.1, 0.15) is 5.00 Å². The first kappa shape index (κ1) is 17.1. The highest BCUT2D eigenvalue weighted by Gasteiger charge is 2.19. The summed E-state index contributed by atoms with van der Waals surface area (Å²) in [4.78, 5) is 8.58. The minimum atomic E-state index is 0.789. The fourth-order valence-electron chi connectivity index (χ4n) is 2.59. The van der Waals surface area contributed by atoms with Gasteiger partial charge >= 0.3 is 0 Å². The van der Waals surface area contributed by atoms with Crippen molar-refractivity contribution in [3.63, 3.8) is 0 Å². The molecular weight excluding hydrogens is 308 g/mol. The Bertz CT molecular complexity index is 584. The molecule has 0 atom stereocenters. The minimum absolute atomic E-state index is 0.789. The van der Waals surface area contributed by atoms with Crippen LogP contribution in [0.2, 0.25) is 0 Å². The maximum absolute atomic E-state index is 4.95. The first-order chi connectivity index (χ1) is 10.7. The van der Waals surface area contributed by atoms with Gasteiger partial charge in [0.15, 0.2) is 5.17 Å². The molecule has 1 aromatic heterocycles. The fourth-order valence-corrected chi connectivity index (χ4v) is 4.63. The van der Waals surface area contributed by atoms with E-state index in [9.17, 15) is 0 Å². The van der Waals surface area contributed by atoms with Crippen molar-refractivity contribution in [3.05, 3.63) is 47.9 Å². The smallest absolute Gasteiger partial charge is 0.165 e. The Morgan fingerprint density at radius 2 is 2.05 bits per heavy atom. The van der Waals surface area contributed by atoms with Crippen molar-refractivity contribution >= 4 is 39.3 Å². The van der Waals surface area contributed by atoms with Crippen molar-refractivity contribution in [3.8, 4) is 0 Å². The van der Waals surface area contributed by atoms with Crippen molar-refractivity contribution in [1.29, 1.82) is 0 Å². The highest BCUT2D eigenvalue weighted by atomic mass is 32.2. The van der Waals surface area contributed by atoms with E-state index in [1.807, 2.05) is 29.6 Å². The van der Waals surface area contributed by atoms with Crippen LogP contribution in [-0.4, -0.2) is 29.4 Å². The number of thiophene rings is 1. The molecule has 0 radical (unpaired) electrons. The van der Waals surface area contributed by atoms with E-state index < -0.39 is 0 Å². The summed E-state index contributed by atoms with van der Waals surface area (Å²) in [6.07, 6.45) is 10.7. The number of aliphatic imine (C=N–C) groups is 1. The van der Waals surface area contributed by atoms with Gasteiger partial charge in [-0.05, 0) is 31.2 Å². The van der Waals surface area contributed by atoms with Crippen molar-refractivity contribution in [2.75, 3.05) is 19.3 Å². The van der Waals surface area contributed by atoms with Gasteiger partial charge < -0.3 is 4.90 Å². The van der Waals surface area contributed by atoms with Crippen LogP contribution in [0.1, 0.15) is 28.8 Å². The van der Waals surface area contributed by atoms with E-state index in [2.05, 4.69) is 31.7 Å². The molecule has 0 spiro atoms. The maximum Gasteiger partial charge on any atom is 0.165 e. The van der Waals surface area contributed by atoms with Gasteiger partial charge in [0.2, 0.25) is 0 Å². The summed E-state index contributed by atoms with van der Waals surface area (Å²) in [5, 5.41) is 2.12. The van der Waals surface area contributed by atoms with Crippen LogP contribution < -0.4 is 0 Å². The molecule has 1 heterocycles. The highest BCUT2D eigenvalue weighted by Crippen LogP contribution is 2.41. The van der Waals surface area contributed by atoms with E-state index in [1.165, 1.54) is 41.7 Å². The highest BCUT2D eigenvalue weighted by molar-refractivity contribution is 8.13. The number of nitrogens with zero attached hydrogens (tertiary/aromatic N) is 2. The fraction of sp³-hybridized carbons (Fsp3) is 0.389. The summed E-state index contributed by atoms with van der Waals surface area (Å²) in [6.45, 7) is 12.4. The van der Waals surface area contributed by atoms with Crippen molar-refractivity contribution < 1.29 is 0 Å². The number of likely N-dealkylation sites (N-methyl/N-ethyl adjacent to an activating group) is 1. The van der Waals surface area contributed by atoms with Crippen molar-refractivity contribution in [2.45, 2.75) is 25.7 Å². The summed E-state index contributed by atoms with van der Waals surface area (Å²) in [6, 6.07) is 0. The van der Waals surface area contributed by atoms with Crippen molar-refractivity contribution in [2.24, 2.45) is 4.99 Å². The van der Waals surface area contributed by atoms with Gasteiger partial charge in [-0.15, -0.1) is 24.5 Å². The van der Waals surface area contributed by atoms with Crippen LogP contribution in [0.15, 0.2) is 36.9 Å². The van der Waals surface area contributed by atoms with E-state index in [4.69, 9.17) is 4.99 Å². The van der Waals surface area contributed by atoms with Gasteiger partial charge in [-0.25, -0.2) is 4.99 Å². The van der Waals surface area contributed by atoms with Gasteiger partial charge in [0.25, 0.3) is 0 Å². The molecule has 2 rings (SSSR count). The van der Waals surface area contributed by atoms with Crippen LogP contribution in [0, 0.1) is 0 Å². The Morgan fingerprint density at radius 3 is 2.73 bits per heavy atom. The lowest BCUT2D eigenvalue weighted by Crippen LogP contribution is -2.24. The van der Waals surface area contributed by atoms with Gasteiger partial charge in [-0.1, -0.05) is 36.6 Å². The lowest BCUT2D eigenvalue weighted by Gasteiger charge is -2.18. The lowest BCUT2D eigenvalue weighted by atomic mass is 9.96. The Morgan fingerprint density at radius 1 is 1.27 bits per heavy atom. The molecule has 4 heteroatoms. The zero-order chi connectivity index (χ0) is 15.9. The third-order valence-electron chi connectivity index (χ3n) is 3.65. The normalized spacial score (nSPS) is 14.3. The number of thioether (sulfide) groups is 1. The second-order valence-corrected chi connectivity index (χ2v) is 7.37. The predicted octanol–water partition coefficient (Wildman–Crippen LogP) is 5.29. The van der Waals surface area contributed by atoms with Crippen molar-refractivity contribution in [1.82, 2.24) is 4.90 Å². The summed E-state index contributed by atoms with van der Waals surface area (Å²) in [5.41, 5.74) is 2.72. The van der Waals surface area contributed by atoms with E-state index in [0.29, 0.717) is 0 Å². The molecule has 0 N–H and O–H groups in total. The van der Waals surface area contributed by atoms with Crippen LogP contribution in [0.25, 0.3) is 6.08 Å². The molecule has 1 aliphatic carbocycles. The third-order valence-corrected chi connectivity index (χ3v) is 5.92. The molecule has 22 heavy (non-hydrogen) atoms. The topological polar surface area (TPSA) is 15.6 Å². The zero-order valence-corrected chi connectivity index (χ0v) is 14.9. The number of hydrogen-bond acceptors (Lipinski definition) is 3. The van der Waals surface area contributed by atoms with Crippen LogP contribution in [0.3, 0.4) is 0 Å². The van der Waals surface area contributed by atoms with Gasteiger partial charge in [0.05, 0.1) is 0 Å². The molecule has 2 nitrogen and oxygen atoms in total. The predicted molar refractivity (Wildman–Crippen MR) is 104 cm³/mol. The molecule has 1 aromatic rings. The number of fused-ring (bicyclic) bond motifs is 1. The average molecular weight is 333 g/mol. The molecule has 118 valence electrons. The molecule has 0 saturated carbocycles. The van der Waals surface area contributed by atoms with Crippen LogP contribution in [-0.2, 0) is 12.8 Å². The Kier molecular flexibility index (Phi) is 6.52. The molecule has 0 saturated heterocycles. The largest absolute Gasteiger partial charge is 0.351 e. The third kappa shape index (κ3) is 3.93. The Hall–Kier alpha value is -1.26. The quantitative estimate of drug-likeness (QED) is 0.399. The Balaban J connectivity index is 2.37. The van der Waals surface area contributed by atoms with Crippen LogP contribution in [0.5, 0.6) is 0 Å². The van der Waals surface area contributed by atoms with E-state index in [0.717, 1.165) is 22.5 Å². The standard InChI is InChI=1S/C18H24N2S2/c1-5-12-20(4)18(21-13-6-2)19-17-14(7-3)15-10-8-9-11-16(15)22-17/h5-7H,1-3,8-13H2,4H3/b19-18+. The first-order valence-corrected chi connectivity index (χ1v) is 9.42. The molecular formula is C18H24N2S2. The second-order valence-electron chi connectivity index (χ2n) is 5.30. The summed E-state index contributed by atoms with van der Waals surface area (Å²) < 4.78 is 0. The van der Waals surface area contributed by atoms with Gasteiger partial charge in [0, 0.05) is 29.8 Å². The number of hydrogen-bond donors (Lipinski definition) is 0. The summed E-state index contributed by atoms with van der Waals surface area (Å²) in [5.74, 6) is 0.856. The summed E-state index contributed by atoms with van der Waals surface area (Å²) >= 11 is 3.55. The SMILES string of the molecule is C=CCS/C(=N/c1sc2c(c1C=C)CCCC2)N(C)CC=C. The average Bonchev–Trinajstić information content (AvgIpc) is 2.88. The number of amidine groups is 1. The molecule has 0 bridgehead atoms. The van der Waals surface area contributed by atoms with Crippen LogP contribution >= 0.6 is 23.1 Å². The lowest BCUT2D eigenvalue weighted by molar-refractivity contribution is 0.577. The molecule has 1 aliphatic rings. The number of aryl methyl sites for hydroxylation is 1. The molecule has 0 aliphatic heterocycles. The number of rotatable bonds is 6. The molecule has 0 unspecified atom stereocenters. The first-order valence-electron chi connectivity index (χ1n) is 7.62. The minimum Gasteiger partial charge on any atom is -0.351 e. The van der Waals surface area contributed by atoms with E-state index in [1.54, 1.807) is 11.8 Å². The summed E-state index contributed by atoms with van der Waals surface area (Å²) in [7, 11) is 2.05. The maximum atomic E-state index is 4.95.